The Bertz CT molecular complexity index is 598. The van der Waals surface area contributed by atoms with E-state index in [1.807, 2.05) is 19.2 Å². The molecule has 2 rings (SSSR count). The molecule has 0 bridgehead atoms. The number of thiocarbonyl (C=S) groups is 1. The average Bonchev–Trinajstić information content (AvgIpc) is 2.54. The van der Waals surface area contributed by atoms with E-state index < -0.39 is 0 Å². The van der Waals surface area contributed by atoms with Crippen LogP contribution in [-0.4, -0.2) is 15.9 Å². The van der Waals surface area contributed by atoms with Crippen LogP contribution in [0.15, 0.2) is 29.4 Å². The molecule has 0 aliphatic carbocycles. The van der Waals surface area contributed by atoms with Gasteiger partial charge in [0.1, 0.15) is 0 Å². The van der Waals surface area contributed by atoms with Crippen LogP contribution in [0.2, 0.25) is 0 Å². The summed E-state index contributed by atoms with van der Waals surface area (Å²) in [5, 5.41) is 5.34. The van der Waals surface area contributed by atoms with Gasteiger partial charge in [0.15, 0.2) is 5.11 Å². The molecule has 0 aliphatic heterocycles. The first-order chi connectivity index (χ1) is 8.11. The minimum atomic E-state index is 0.166. The van der Waals surface area contributed by atoms with E-state index in [0.29, 0.717) is 0 Å². The van der Waals surface area contributed by atoms with Crippen LogP contribution < -0.4 is 11.2 Å². The molecule has 0 saturated carbocycles. The fourth-order valence-electron chi connectivity index (χ4n) is 1.87. The van der Waals surface area contributed by atoms with Crippen molar-refractivity contribution >= 4 is 34.4 Å². The topological polar surface area (TPSA) is 55.3 Å². The quantitative estimate of drug-likeness (QED) is 0.481. The lowest BCUT2D eigenvalue weighted by Gasteiger charge is -1.97. The predicted molar refractivity (Wildman–Crippen MR) is 75.2 cm³/mol. The summed E-state index contributed by atoms with van der Waals surface area (Å²) in [6, 6.07) is 8.20. The summed E-state index contributed by atoms with van der Waals surface area (Å²) in [6.45, 7) is 2.06. The van der Waals surface area contributed by atoms with Gasteiger partial charge in [-0.2, -0.15) is 5.10 Å². The normalized spacial score (nSPS) is 11.2. The van der Waals surface area contributed by atoms with Crippen molar-refractivity contribution in [2.75, 3.05) is 0 Å². The van der Waals surface area contributed by atoms with Crippen LogP contribution in [0.3, 0.4) is 0 Å². The van der Waals surface area contributed by atoms with Gasteiger partial charge in [0.2, 0.25) is 0 Å². The number of hydrazone groups is 1. The van der Waals surface area contributed by atoms with E-state index in [2.05, 4.69) is 34.2 Å². The van der Waals surface area contributed by atoms with E-state index in [9.17, 15) is 0 Å². The number of nitrogens with two attached hydrogens (primary N) is 1. The third-order valence-corrected chi connectivity index (χ3v) is 2.91. The molecule has 2 aromatic rings. The molecule has 17 heavy (non-hydrogen) atoms. The fourth-order valence-corrected chi connectivity index (χ4v) is 1.93. The number of hydrogen-bond acceptors (Lipinski definition) is 2. The number of aromatic nitrogens is 1. The summed E-state index contributed by atoms with van der Waals surface area (Å²) in [5.41, 5.74) is 11.3. The number of fused-ring (bicyclic) bond motifs is 1. The van der Waals surface area contributed by atoms with E-state index in [-0.39, 0.29) is 5.11 Å². The number of rotatable bonds is 2. The SMILES string of the molecule is Cc1c(/C=N\NC(N)=S)c2ccccc2n1C. The molecule has 3 N–H and O–H groups in total. The zero-order valence-corrected chi connectivity index (χ0v) is 10.6. The first kappa shape index (κ1) is 11.6. The van der Waals surface area contributed by atoms with Crippen LogP contribution in [-0.2, 0) is 7.05 Å². The van der Waals surface area contributed by atoms with E-state index >= 15 is 0 Å². The molecule has 0 aliphatic rings. The monoisotopic (exact) mass is 246 g/mol. The van der Waals surface area contributed by atoms with Gasteiger partial charge in [0.25, 0.3) is 0 Å². The van der Waals surface area contributed by atoms with Crippen molar-refractivity contribution in [1.82, 2.24) is 9.99 Å². The van der Waals surface area contributed by atoms with Crippen molar-refractivity contribution in [3.05, 3.63) is 35.5 Å². The van der Waals surface area contributed by atoms with Crippen molar-refractivity contribution < 1.29 is 0 Å². The molecule has 1 aromatic carbocycles. The Morgan fingerprint density at radius 3 is 2.88 bits per heavy atom. The fraction of sp³-hybridized carbons (Fsp3) is 0.167. The van der Waals surface area contributed by atoms with Crippen molar-refractivity contribution in [2.24, 2.45) is 17.9 Å². The lowest BCUT2D eigenvalue weighted by molar-refractivity contribution is 0.916. The number of nitrogens with one attached hydrogen (secondary N) is 1. The van der Waals surface area contributed by atoms with Gasteiger partial charge in [-0.1, -0.05) is 18.2 Å². The standard InChI is InChI=1S/C12H14N4S/c1-8-10(7-14-15-12(13)17)9-5-3-4-6-11(9)16(8)2/h3-7H,1-2H3,(H3,13,15,17)/b14-7-. The van der Waals surface area contributed by atoms with Crippen LogP contribution >= 0.6 is 12.2 Å². The number of nitrogens with zero attached hydrogens (tertiary/aromatic N) is 2. The minimum Gasteiger partial charge on any atom is -0.375 e. The summed E-state index contributed by atoms with van der Waals surface area (Å²) in [6.07, 6.45) is 1.75. The Kier molecular flexibility index (Phi) is 3.10. The highest BCUT2D eigenvalue weighted by atomic mass is 32.1. The van der Waals surface area contributed by atoms with E-state index in [4.69, 9.17) is 18.0 Å². The average molecular weight is 246 g/mol. The summed E-state index contributed by atoms with van der Waals surface area (Å²) in [5.74, 6) is 0. The second kappa shape index (κ2) is 4.55. The number of aryl methyl sites for hydroxylation is 1. The smallest absolute Gasteiger partial charge is 0.184 e. The maximum atomic E-state index is 5.31. The maximum Gasteiger partial charge on any atom is 0.184 e. The summed E-state index contributed by atoms with van der Waals surface area (Å²) < 4.78 is 2.14. The summed E-state index contributed by atoms with van der Waals surface area (Å²) >= 11 is 4.69. The molecular formula is C12H14N4S. The molecule has 88 valence electrons. The Morgan fingerprint density at radius 1 is 1.47 bits per heavy atom. The van der Waals surface area contributed by atoms with Crippen LogP contribution in [0.5, 0.6) is 0 Å². The molecule has 1 aromatic heterocycles. The van der Waals surface area contributed by atoms with E-state index in [0.717, 1.165) is 11.3 Å². The highest BCUT2D eigenvalue weighted by Crippen LogP contribution is 2.22. The van der Waals surface area contributed by atoms with E-state index in [1.54, 1.807) is 6.21 Å². The molecule has 0 fully saturated rings. The number of hydrogen-bond donors (Lipinski definition) is 2. The van der Waals surface area contributed by atoms with Crippen molar-refractivity contribution in [1.29, 1.82) is 0 Å². The van der Waals surface area contributed by atoms with Gasteiger partial charge in [-0.05, 0) is 25.2 Å². The van der Waals surface area contributed by atoms with Crippen molar-refractivity contribution in [3.8, 4) is 0 Å². The predicted octanol–water partition coefficient (Wildman–Crippen LogP) is 1.65. The minimum absolute atomic E-state index is 0.166. The van der Waals surface area contributed by atoms with Crippen LogP contribution in [0.1, 0.15) is 11.3 Å². The van der Waals surface area contributed by atoms with Gasteiger partial charge in [-0.25, -0.2) is 0 Å². The molecule has 1 heterocycles. The van der Waals surface area contributed by atoms with E-state index in [1.165, 1.54) is 10.9 Å². The van der Waals surface area contributed by atoms with Crippen molar-refractivity contribution in [3.63, 3.8) is 0 Å². The lowest BCUT2D eigenvalue weighted by atomic mass is 10.1. The Balaban J connectivity index is 2.50. The Morgan fingerprint density at radius 2 is 2.18 bits per heavy atom. The molecule has 4 nitrogen and oxygen atoms in total. The van der Waals surface area contributed by atoms with Gasteiger partial charge in [0, 0.05) is 29.2 Å². The Hall–Kier alpha value is -1.88. The second-order valence-electron chi connectivity index (χ2n) is 3.81. The van der Waals surface area contributed by atoms with Gasteiger partial charge in [-0.3, -0.25) is 5.43 Å². The number of para-hydroxylation sites is 1. The lowest BCUT2D eigenvalue weighted by Crippen LogP contribution is -2.24. The van der Waals surface area contributed by atoms with Crippen LogP contribution in [0.4, 0.5) is 0 Å². The van der Waals surface area contributed by atoms with Crippen LogP contribution in [0, 0.1) is 6.92 Å². The highest BCUT2D eigenvalue weighted by Gasteiger charge is 2.08. The highest BCUT2D eigenvalue weighted by molar-refractivity contribution is 7.80. The molecule has 0 spiro atoms. The first-order valence-corrected chi connectivity index (χ1v) is 5.64. The second-order valence-corrected chi connectivity index (χ2v) is 4.25. The first-order valence-electron chi connectivity index (χ1n) is 5.24. The molecule has 0 amide bonds. The third kappa shape index (κ3) is 2.14. The summed E-state index contributed by atoms with van der Waals surface area (Å²) in [4.78, 5) is 0. The molecular weight excluding hydrogens is 232 g/mol. The maximum absolute atomic E-state index is 5.31. The molecule has 0 saturated heterocycles. The van der Waals surface area contributed by atoms with Crippen LogP contribution in [0.25, 0.3) is 10.9 Å². The Labute approximate surface area is 105 Å². The van der Waals surface area contributed by atoms with Crippen molar-refractivity contribution in [2.45, 2.75) is 6.92 Å². The largest absolute Gasteiger partial charge is 0.375 e. The molecule has 0 radical (unpaired) electrons. The zero-order chi connectivity index (χ0) is 12.4. The third-order valence-electron chi connectivity index (χ3n) is 2.82. The molecule has 5 heteroatoms. The van der Waals surface area contributed by atoms with Gasteiger partial charge >= 0.3 is 0 Å². The molecule has 0 atom stereocenters. The van der Waals surface area contributed by atoms with Gasteiger partial charge in [-0.15, -0.1) is 0 Å². The molecule has 0 unspecified atom stereocenters. The number of benzene rings is 1. The van der Waals surface area contributed by atoms with Gasteiger partial charge in [0.05, 0.1) is 6.21 Å². The summed E-state index contributed by atoms with van der Waals surface area (Å²) in [7, 11) is 2.04. The zero-order valence-electron chi connectivity index (χ0n) is 9.77. The van der Waals surface area contributed by atoms with Gasteiger partial charge < -0.3 is 10.3 Å².